The van der Waals surface area contributed by atoms with Crippen LogP contribution in [0.15, 0.2) is 0 Å². The van der Waals surface area contributed by atoms with Crippen LogP contribution >= 0.6 is 11.8 Å². The number of carbonyl (C=O) groups excluding carboxylic acids is 2. The summed E-state index contributed by atoms with van der Waals surface area (Å²) in [5.74, 6) is -1.08. The van der Waals surface area contributed by atoms with Gasteiger partial charge in [0.05, 0.1) is 0 Å². The first-order valence-corrected chi connectivity index (χ1v) is 4.89. The van der Waals surface area contributed by atoms with Crippen LogP contribution in [0.5, 0.6) is 0 Å². The molecule has 0 bridgehead atoms. The molecule has 14 heavy (non-hydrogen) atoms. The normalized spacial score (nSPS) is 20.4. The van der Waals surface area contributed by atoms with Crippen molar-refractivity contribution in [1.29, 1.82) is 0 Å². The van der Waals surface area contributed by atoms with Gasteiger partial charge < -0.3 is 15.3 Å². The van der Waals surface area contributed by atoms with Gasteiger partial charge in [-0.15, -0.1) is 0 Å². The van der Waals surface area contributed by atoms with Crippen molar-refractivity contribution >= 4 is 28.9 Å². The fourth-order valence-corrected chi connectivity index (χ4v) is 1.83. The number of hydrogen-bond acceptors (Lipinski definition) is 4. The molecule has 0 aromatic rings. The van der Waals surface area contributed by atoms with E-state index in [0.29, 0.717) is 5.75 Å². The molecule has 1 rings (SSSR count). The summed E-state index contributed by atoms with van der Waals surface area (Å²) in [6.45, 7) is -0.351. The highest BCUT2D eigenvalue weighted by molar-refractivity contribution is 8.14. The molecule has 1 atom stereocenters. The van der Waals surface area contributed by atoms with Gasteiger partial charge in [0, 0.05) is 12.8 Å². The lowest BCUT2D eigenvalue weighted by molar-refractivity contribution is -0.143. The summed E-state index contributed by atoms with van der Waals surface area (Å²) in [6.07, 6.45) is 0. The molecule has 1 unspecified atom stereocenters. The number of hydrogen-bond donors (Lipinski definition) is 2. The number of rotatable bonds is 3. The van der Waals surface area contributed by atoms with Crippen LogP contribution in [0.4, 0.5) is 4.79 Å². The number of carbonyl (C=O) groups is 3. The van der Waals surface area contributed by atoms with Crippen molar-refractivity contribution in [3.05, 3.63) is 0 Å². The minimum absolute atomic E-state index is 0.243. The first-order chi connectivity index (χ1) is 6.50. The summed E-state index contributed by atoms with van der Waals surface area (Å²) in [6, 6.07) is -0.586. The molecule has 0 aliphatic carbocycles. The molecule has 6 nitrogen and oxygen atoms in total. The largest absolute Gasteiger partial charge is 0.480 e. The van der Waals surface area contributed by atoms with Gasteiger partial charge in [0.25, 0.3) is 5.24 Å². The molecule has 1 aliphatic rings. The zero-order valence-electron chi connectivity index (χ0n) is 7.52. The Morgan fingerprint density at radius 2 is 2.36 bits per heavy atom. The SMILES string of the molecule is CN(CC(=O)O)C(=O)C1CSC(=O)N1. The second-order valence-corrected chi connectivity index (χ2v) is 3.88. The minimum Gasteiger partial charge on any atom is -0.480 e. The highest BCUT2D eigenvalue weighted by atomic mass is 32.2. The molecule has 2 amide bonds. The average molecular weight is 218 g/mol. The maximum absolute atomic E-state index is 11.5. The second-order valence-electron chi connectivity index (χ2n) is 2.88. The number of carboxylic acids is 1. The van der Waals surface area contributed by atoms with Crippen molar-refractivity contribution in [3.8, 4) is 0 Å². The van der Waals surface area contributed by atoms with Crippen LogP contribution in [0, 0.1) is 0 Å². The molecule has 1 saturated heterocycles. The van der Waals surface area contributed by atoms with Gasteiger partial charge in [0.2, 0.25) is 5.91 Å². The first-order valence-electron chi connectivity index (χ1n) is 3.90. The lowest BCUT2D eigenvalue weighted by atomic mass is 10.3. The molecule has 78 valence electrons. The predicted molar refractivity (Wildman–Crippen MR) is 50.1 cm³/mol. The van der Waals surface area contributed by atoms with E-state index in [-0.39, 0.29) is 17.7 Å². The summed E-state index contributed by atoms with van der Waals surface area (Å²) in [7, 11) is 1.39. The highest BCUT2D eigenvalue weighted by Gasteiger charge is 2.30. The maximum Gasteiger partial charge on any atom is 0.323 e. The van der Waals surface area contributed by atoms with Gasteiger partial charge in [-0.1, -0.05) is 11.8 Å². The molecule has 7 heteroatoms. The quantitative estimate of drug-likeness (QED) is 0.657. The third kappa shape index (κ3) is 2.63. The standard InChI is InChI=1S/C7H10N2O4S/c1-9(2-5(10)11)6(12)4-3-14-7(13)8-4/h4H,2-3H2,1H3,(H,8,13)(H,10,11). The molecular weight excluding hydrogens is 208 g/mol. The average Bonchev–Trinajstić information content (AvgIpc) is 2.49. The molecule has 1 heterocycles. The smallest absolute Gasteiger partial charge is 0.323 e. The monoisotopic (exact) mass is 218 g/mol. The van der Waals surface area contributed by atoms with Crippen LogP contribution in [0.2, 0.25) is 0 Å². The Morgan fingerprint density at radius 3 is 2.79 bits per heavy atom. The third-order valence-corrected chi connectivity index (χ3v) is 2.60. The number of amides is 2. The molecular formula is C7H10N2O4S. The van der Waals surface area contributed by atoms with E-state index in [1.165, 1.54) is 7.05 Å². The van der Waals surface area contributed by atoms with Crippen LogP contribution in [-0.2, 0) is 9.59 Å². The molecule has 0 saturated carbocycles. The van der Waals surface area contributed by atoms with E-state index < -0.39 is 12.0 Å². The fourth-order valence-electron chi connectivity index (χ4n) is 1.06. The second kappa shape index (κ2) is 4.32. The Bertz CT molecular complexity index is 281. The number of likely N-dealkylation sites (N-methyl/N-ethyl adjacent to an activating group) is 1. The van der Waals surface area contributed by atoms with Gasteiger partial charge in [0.15, 0.2) is 0 Å². The predicted octanol–water partition coefficient (Wildman–Crippen LogP) is -0.646. The van der Waals surface area contributed by atoms with Gasteiger partial charge in [-0.05, 0) is 0 Å². The summed E-state index contributed by atoms with van der Waals surface area (Å²) >= 11 is 1.03. The Labute approximate surface area is 84.6 Å². The summed E-state index contributed by atoms with van der Waals surface area (Å²) < 4.78 is 0. The van der Waals surface area contributed by atoms with Crippen molar-refractivity contribution in [1.82, 2.24) is 10.2 Å². The van der Waals surface area contributed by atoms with Crippen molar-refractivity contribution in [3.63, 3.8) is 0 Å². The topological polar surface area (TPSA) is 86.7 Å². The van der Waals surface area contributed by atoms with Crippen molar-refractivity contribution < 1.29 is 19.5 Å². The van der Waals surface area contributed by atoms with Gasteiger partial charge in [0.1, 0.15) is 12.6 Å². The summed E-state index contributed by atoms with van der Waals surface area (Å²) in [4.78, 5) is 33.6. The van der Waals surface area contributed by atoms with Crippen molar-refractivity contribution in [2.24, 2.45) is 0 Å². The van der Waals surface area contributed by atoms with Gasteiger partial charge >= 0.3 is 5.97 Å². The van der Waals surface area contributed by atoms with Gasteiger partial charge in [-0.3, -0.25) is 14.4 Å². The molecule has 1 fully saturated rings. The lowest BCUT2D eigenvalue weighted by Crippen LogP contribution is -2.45. The molecule has 0 aromatic heterocycles. The van der Waals surface area contributed by atoms with E-state index >= 15 is 0 Å². The number of carboxylic acid groups (broad SMARTS) is 1. The van der Waals surface area contributed by atoms with Gasteiger partial charge in [-0.2, -0.15) is 0 Å². The Morgan fingerprint density at radius 1 is 1.71 bits per heavy atom. The highest BCUT2D eigenvalue weighted by Crippen LogP contribution is 2.14. The number of aliphatic carboxylic acids is 1. The van der Waals surface area contributed by atoms with Crippen LogP contribution in [0.25, 0.3) is 0 Å². The van der Waals surface area contributed by atoms with E-state index in [1.807, 2.05) is 0 Å². The van der Waals surface area contributed by atoms with Crippen molar-refractivity contribution in [2.45, 2.75) is 6.04 Å². The number of nitrogens with zero attached hydrogens (tertiary/aromatic N) is 1. The van der Waals surface area contributed by atoms with E-state index in [1.54, 1.807) is 0 Å². The van der Waals surface area contributed by atoms with E-state index in [2.05, 4.69) is 5.32 Å². The summed E-state index contributed by atoms with van der Waals surface area (Å²) in [5.41, 5.74) is 0. The summed E-state index contributed by atoms with van der Waals surface area (Å²) in [5, 5.41) is 10.6. The molecule has 1 aliphatic heterocycles. The Hall–Kier alpha value is -1.24. The number of nitrogens with one attached hydrogen (secondary N) is 1. The van der Waals surface area contributed by atoms with Crippen LogP contribution in [0.1, 0.15) is 0 Å². The number of thioether (sulfide) groups is 1. The molecule has 0 spiro atoms. The molecule has 0 aromatic carbocycles. The van der Waals surface area contributed by atoms with Crippen molar-refractivity contribution in [2.75, 3.05) is 19.3 Å². The maximum atomic E-state index is 11.5. The van der Waals surface area contributed by atoms with E-state index in [0.717, 1.165) is 16.7 Å². The first kappa shape index (κ1) is 10.8. The zero-order valence-corrected chi connectivity index (χ0v) is 8.34. The van der Waals surface area contributed by atoms with E-state index in [9.17, 15) is 14.4 Å². The lowest BCUT2D eigenvalue weighted by Gasteiger charge is -2.18. The third-order valence-electron chi connectivity index (χ3n) is 1.72. The zero-order chi connectivity index (χ0) is 10.7. The van der Waals surface area contributed by atoms with Crippen LogP contribution < -0.4 is 5.32 Å². The van der Waals surface area contributed by atoms with Crippen LogP contribution in [0.3, 0.4) is 0 Å². The Balaban J connectivity index is 2.48. The molecule has 2 N–H and O–H groups in total. The minimum atomic E-state index is -1.07. The van der Waals surface area contributed by atoms with E-state index in [4.69, 9.17) is 5.11 Å². The van der Waals surface area contributed by atoms with Gasteiger partial charge in [-0.25, -0.2) is 0 Å². The fraction of sp³-hybridized carbons (Fsp3) is 0.571. The Kier molecular flexibility index (Phi) is 3.34. The van der Waals surface area contributed by atoms with Crippen LogP contribution in [-0.4, -0.2) is 52.5 Å². The molecule has 0 radical (unpaired) electrons.